The van der Waals surface area contributed by atoms with Crippen molar-refractivity contribution in [2.75, 3.05) is 11.9 Å². The predicted octanol–water partition coefficient (Wildman–Crippen LogP) is 5.05. The number of nitrogens with zero attached hydrogens (tertiary/aromatic N) is 2. The molecule has 6 nitrogen and oxygen atoms in total. The molecule has 2 aromatic carbocycles. The van der Waals surface area contributed by atoms with Gasteiger partial charge in [0.15, 0.2) is 6.61 Å². The second-order valence-corrected chi connectivity index (χ2v) is 9.55. The highest BCUT2D eigenvalue weighted by Crippen LogP contribution is 2.39. The predicted molar refractivity (Wildman–Crippen MR) is 127 cm³/mol. The fraction of sp³-hybridized carbons (Fsp3) is 0.333. The van der Waals surface area contributed by atoms with Gasteiger partial charge in [-0.1, -0.05) is 39.0 Å². The number of nitriles is 1. The average molecular weight is 442 g/mol. The van der Waals surface area contributed by atoms with Crippen LogP contribution in [0.3, 0.4) is 0 Å². The summed E-state index contributed by atoms with van der Waals surface area (Å²) < 4.78 is 5.47. The van der Waals surface area contributed by atoms with Gasteiger partial charge >= 0.3 is 5.97 Å². The number of esters is 1. The van der Waals surface area contributed by atoms with Gasteiger partial charge in [0, 0.05) is 16.8 Å². The van der Waals surface area contributed by atoms with E-state index in [2.05, 4.69) is 26.1 Å². The van der Waals surface area contributed by atoms with Crippen LogP contribution in [0.5, 0.6) is 0 Å². The van der Waals surface area contributed by atoms with Crippen molar-refractivity contribution in [3.8, 4) is 6.07 Å². The molecule has 1 N–H and O–H groups in total. The summed E-state index contributed by atoms with van der Waals surface area (Å²) in [5.74, 6) is -0.513. The molecule has 0 saturated carbocycles. The number of carbonyl (C=O) groups excluding carboxylic acids is 2. The van der Waals surface area contributed by atoms with E-state index in [1.165, 1.54) is 0 Å². The normalized spacial score (nSPS) is 15.4. The zero-order chi connectivity index (χ0) is 23.6. The molecule has 3 aromatic rings. The first-order valence-corrected chi connectivity index (χ1v) is 11.1. The molecule has 0 saturated heterocycles. The summed E-state index contributed by atoms with van der Waals surface area (Å²) in [5, 5.41) is 12.3. The topological polar surface area (TPSA) is 92.1 Å². The number of nitrogens with one attached hydrogen (secondary N) is 1. The summed E-state index contributed by atoms with van der Waals surface area (Å²) in [4.78, 5) is 30.5. The smallest absolute Gasteiger partial charge is 0.339 e. The second-order valence-electron chi connectivity index (χ2n) is 9.55. The van der Waals surface area contributed by atoms with Gasteiger partial charge < -0.3 is 10.1 Å². The van der Waals surface area contributed by atoms with E-state index in [9.17, 15) is 9.59 Å². The standard InChI is InChI=1S/C27H27N3O3/c1-27(2,3)18-10-13-23-21(14-18)25(20-6-4-5-7-22(20)30-23)26(32)33-16-24(31)29-19-11-8-17(15-28)9-12-19/h4-9,11-12,18H,10,13-14,16H2,1-3H3,(H,29,31). The molecule has 1 amide bonds. The summed E-state index contributed by atoms with van der Waals surface area (Å²) in [5.41, 5.74) is 4.33. The van der Waals surface area contributed by atoms with Gasteiger partial charge in [-0.15, -0.1) is 0 Å². The number of aryl methyl sites for hydroxylation is 1. The Hall–Kier alpha value is -3.72. The third-order valence-electron chi connectivity index (χ3n) is 6.32. The first-order valence-electron chi connectivity index (χ1n) is 11.1. The van der Waals surface area contributed by atoms with E-state index < -0.39 is 18.5 Å². The van der Waals surface area contributed by atoms with Gasteiger partial charge in [-0.3, -0.25) is 9.78 Å². The minimum absolute atomic E-state index is 0.117. The number of ether oxygens (including phenoxy) is 1. The van der Waals surface area contributed by atoms with Crippen molar-refractivity contribution in [2.24, 2.45) is 11.3 Å². The number of fused-ring (bicyclic) bond motifs is 2. The van der Waals surface area contributed by atoms with Crippen molar-refractivity contribution >= 4 is 28.5 Å². The maximum Gasteiger partial charge on any atom is 0.339 e. The highest BCUT2D eigenvalue weighted by atomic mass is 16.5. The second kappa shape index (κ2) is 9.03. The monoisotopic (exact) mass is 441 g/mol. The molecule has 1 aromatic heterocycles. The molecule has 4 rings (SSSR count). The Morgan fingerprint density at radius 3 is 2.58 bits per heavy atom. The zero-order valence-corrected chi connectivity index (χ0v) is 19.1. The van der Waals surface area contributed by atoms with Gasteiger partial charge in [0.05, 0.1) is 22.7 Å². The van der Waals surface area contributed by atoms with Crippen LogP contribution in [0.1, 0.15) is 54.4 Å². The van der Waals surface area contributed by atoms with Crippen molar-refractivity contribution in [1.82, 2.24) is 4.98 Å². The third-order valence-corrected chi connectivity index (χ3v) is 6.32. The van der Waals surface area contributed by atoms with Gasteiger partial charge in [-0.2, -0.15) is 5.26 Å². The highest BCUT2D eigenvalue weighted by Gasteiger charge is 2.33. The van der Waals surface area contributed by atoms with Crippen LogP contribution >= 0.6 is 0 Å². The Labute approximate surface area is 193 Å². The Morgan fingerprint density at radius 2 is 1.88 bits per heavy atom. The van der Waals surface area contributed by atoms with Crippen LogP contribution < -0.4 is 5.32 Å². The molecule has 0 bridgehead atoms. The summed E-state index contributed by atoms with van der Waals surface area (Å²) in [6, 6.07) is 16.1. The quantitative estimate of drug-likeness (QED) is 0.572. The third kappa shape index (κ3) is 4.88. The van der Waals surface area contributed by atoms with Crippen molar-refractivity contribution < 1.29 is 14.3 Å². The Balaban J connectivity index is 1.57. The van der Waals surface area contributed by atoms with Crippen LogP contribution in [0, 0.1) is 22.7 Å². The lowest BCUT2D eigenvalue weighted by atomic mass is 9.70. The molecule has 1 heterocycles. The minimum atomic E-state index is -0.505. The van der Waals surface area contributed by atoms with E-state index in [0.29, 0.717) is 22.7 Å². The van der Waals surface area contributed by atoms with E-state index in [1.54, 1.807) is 24.3 Å². The number of benzene rings is 2. The van der Waals surface area contributed by atoms with Gasteiger partial charge in [0.2, 0.25) is 0 Å². The molecular weight excluding hydrogens is 414 g/mol. The fourth-order valence-corrected chi connectivity index (χ4v) is 4.39. The molecule has 1 unspecified atom stereocenters. The van der Waals surface area contributed by atoms with Crippen LogP contribution in [0.2, 0.25) is 0 Å². The van der Waals surface area contributed by atoms with Crippen LogP contribution in [0.4, 0.5) is 5.69 Å². The number of amides is 1. The molecule has 6 heteroatoms. The zero-order valence-electron chi connectivity index (χ0n) is 19.1. The number of hydrogen-bond acceptors (Lipinski definition) is 5. The number of rotatable bonds is 4. The summed E-state index contributed by atoms with van der Waals surface area (Å²) in [7, 11) is 0. The van der Waals surface area contributed by atoms with Gasteiger partial charge in [0.25, 0.3) is 5.91 Å². The highest BCUT2D eigenvalue weighted by molar-refractivity contribution is 6.06. The molecule has 1 aliphatic rings. The van der Waals surface area contributed by atoms with Crippen LogP contribution in [0.15, 0.2) is 48.5 Å². The van der Waals surface area contributed by atoms with Crippen LogP contribution in [0.25, 0.3) is 10.9 Å². The van der Waals surface area contributed by atoms with E-state index in [4.69, 9.17) is 15.0 Å². The lowest BCUT2D eigenvalue weighted by Crippen LogP contribution is -2.29. The molecule has 0 aliphatic heterocycles. The molecule has 33 heavy (non-hydrogen) atoms. The Morgan fingerprint density at radius 1 is 1.15 bits per heavy atom. The lowest BCUT2D eigenvalue weighted by molar-refractivity contribution is -0.119. The maximum absolute atomic E-state index is 13.3. The molecule has 168 valence electrons. The average Bonchev–Trinajstić information content (AvgIpc) is 2.80. The summed E-state index contributed by atoms with van der Waals surface area (Å²) in [6.07, 6.45) is 2.61. The van der Waals surface area contributed by atoms with Crippen LogP contribution in [-0.2, 0) is 22.4 Å². The largest absolute Gasteiger partial charge is 0.452 e. The van der Waals surface area contributed by atoms with Crippen molar-refractivity contribution in [3.63, 3.8) is 0 Å². The summed E-state index contributed by atoms with van der Waals surface area (Å²) in [6.45, 7) is 6.28. The number of hydrogen-bond donors (Lipinski definition) is 1. The van der Waals surface area contributed by atoms with Crippen molar-refractivity contribution in [3.05, 3.63) is 70.9 Å². The van der Waals surface area contributed by atoms with Crippen molar-refractivity contribution in [1.29, 1.82) is 5.26 Å². The van der Waals surface area contributed by atoms with Gasteiger partial charge in [0.1, 0.15) is 0 Å². The number of para-hydroxylation sites is 1. The molecular formula is C27H27N3O3. The van der Waals surface area contributed by atoms with E-state index in [0.717, 1.165) is 41.4 Å². The van der Waals surface area contributed by atoms with Gasteiger partial charge in [-0.05, 0) is 66.5 Å². The molecule has 0 fully saturated rings. The first kappa shape index (κ1) is 22.5. The van der Waals surface area contributed by atoms with E-state index >= 15 is 0 Å². The van der Waals surface area contributed by atoms with Crippen LogP contribution in [-0.4, -0.2) is 23.5 Å². The minimum Gasteiger partial charge on any atom is -0.452 e. The number of aromatic nitrogens is 1. The van der Waals surface area contributed by atoms with E-state index in [-0.39, 0.29) is 5.41 Å². The molecule has 0 radical (unpaired) electrons. The lowest BCUT2D eigenvalue weighted by Gasteiger charge is -2.35. The number of pyridine rings is 1. The maximum atomic E-state index is 13.3. The summed E-state index contributed by atoms with van der Waals surface area (Å²) >= 11 is 0. The Bertz CT molecular complexity index is 1250. The van der Waals surface area contributed by atoms with Gasteiger partial charge in [-0.25, -0.2) is 4.79 Å². The Kier molecular flexibility index (Phi) is 6.15. The molecule has 0 spiro atoms. The van der Waals surface area contributed by atoms with E-state index in [1.807, 2.05) is 30.3 Å². The molecule has 1 atom stereocenters. The van der Waals surface area contributed by atoms with Crippen molar-refractivity contribution in [2.45, 2.75) is 40.0 Å². The SMILES string of the molecule is CC(C)(C)C1CCc2nc3ccccc3c(C(=O)OCC(=O)Nc3ccc(C#N)cc3)c2C1. The number of carbonyl (C=O) groups is 2. The fourth-order valence-electron chi connectivity index (χ4n) is 4.39. The molecule has 1 aliphatic carbocycles. The number of anilines is 1. The first-order chi connectivity index (χ1) is 15.8.